The van der Waals surface area contributed by atoms with E-state index in [0.717, 1.165) is 5.56 Å². The van der Waals surface area contributed by atoms with Crippen molar-refractivity contribution in [2.24, 2.45) is 0 Å². The molecule has 0 saturated heterocycles. The van der Waals surface area contributed by atoms with Crippen LogP contribution in [-0.4, -0.2) is 10.9 Å². The molecule has 5 heteroatoms. The van der Waals surface area contributed by atoms with Gasteiger partial charge in [-0.25, -0.2) is 4.98 Å². The van der Waals surface area contributed by atoms with E-state index in [-0.39, 0.29) is 11.7 Å². The molecule has 0 aliphatic heterocycles. The predicted octanol–water partition coefficient (Wildman–Crippen LogP) is 2.43. The van der Waals surface area contributed by atoms with Gasteiger partial charge < -0.3 is 15.5 Å². The van der Waals surface area contributed by atoms with Crippen LogP contribution in [0, 0.1) is 20.8 Å². The molecule has 1 aromatic heterocycles. The number of aromatic nitrogens is 1. The number of hydrogen-bond acceptors (Lipinski definition) is 4. The van der Waals surface area contributed by atoms with Crippen molar-refractivity contribution in [1.82, 2.24) is 4.98 Å². The second-order valence-electron chi connectivity index (χ2n) is 4.19. The van der Waals surface area contributed by atoms with Gasteiger partial charge in [0.1, 0.15) is 0 Å². The number of oxazole rings is 1. The summed E-state index contributed by atoms with van der Waals surface area (Å²) in [6, 6.07) is 5.44. The Bertz CT molecular complexity index is 602. The van der Waals surface area contributed by atoms with Crippen molar-refractivity contribution in [3.8, 4) is 0 Å². The molecule has 0 aliphatic carbocycles. The molecular formula is C13H15N3O2. The molecule has 2 rings (SSSR count). The maximum absolute atomic E-state index is 12.0. The Labute approximate surface area is 105 Å². The van der Waals surface area contributed by atoms with Crippen LogP contribution in [0.5, 0.6) is 0 Å². The van der Waals surface area contributed by atoms with E-state index >= 15 is 0 Å². The van der Waals surface area contributed by atoms with Crippen molar-refractivity contribution < 1.29 is 9.21 Å². The molecule has 0 radical (unpaired) electrons. The highest BCUT2D eigenvalue weighted by molar-refractivity contribution is 6.04. The Morgan fingerprint density at radius 2 is 2.06 bits per heavy atom. The van der Waals surface area contributed by atoms with Crippen LogP contribution in [0.25, 0.3) is 0 Å². The van der Waals surface area contributed by atoms with E-state index in [1.54, 1.807) is 26.0 Å². The summed E-state index contributed by atoms with van der Waals surface area (Å²) in [5, 5.41) is 2.71. The van der Waals surface area contributed by atoms with Crippen LogP contribution in [0.1, 0.15) is 27.7 Å². The highest BCUT2D eigenvalue weighted by Crippen LogP contribution is 2.21. The number of amides is 1. The van der Waals surface area contributed by atoms with Gasteiger partial charge in [0.2, 0.25) is 5.76 Å². The average Bonchev–Trinajstić information content (AvgIpc) is 2.62. The Hall–Kier alpha value is -2.30. The second-order valence-corrected chi connectivity index (χ2v) is 4.19. The van der Waals surface area contributed by atoms with Crippen LogP contribution in [0.3, 0.4) is 0 Å². The van der Waals surface area contributed by atoms with Gasteiger partial charge >= 0.3 is 0 Å². The van der Waals surface area contributed by atoms with Crippen LogP contribution < -0.4 is 11.1 Å². The lowest BCUT2D eigenvalue weighted by Crippen LogP contribution is -2.13. The van der Waals surface area contributed by atoms with Gasteiger partial charge in [0, 0.05) is 6.92 Å². The molecule has 0 saturated carbocycles. The van der Waals surface area contributed by atoms with E-state index in [1.807, 2.05) is 13.0 Å². The largest absolute Gasteiger partial charge is 0.436 e. The summed E-state index contributed by atoms with van der Waals surface area (Å²) in [7, 11) is 0. The van der Waals surface area contributed by atoms with Gasteiger partial charge in [-0.05, 0) is 31.5 Å². The predicted molar refractivity (Wildman–Crippen MR) is 69.5 cm³/mol. The van der Waals surface area contributed by atoms with Gasteiger partial charge in [-0.2, -0.15) is 0 Å². The topological polar surface area (TPSA) is 81.2 Å². The molecule has 1 aromatic carbocycles. The van der Waals surface area contributed by atoms with Gasteiger partial charge in [0.15, 0.2) is 5.89 Å². The zero-order valence-electron chi connectivity index (χ0n) is 10.6. The summed E-state index contributed by atoms with van der Waals surface area (Å²) in [5.41, 5.74) is 8.53. The normalized spacial score (nSPS) is 10.4. The molecule has 1 amide bonds. The van der Waals surface area contributed by atoms with E-state index in [2.05, 4.69) is 10.3 Å². The Morgan fingerprint density at radius 1 is 1.33 bits per heavy atom. The van der Waals surface area contributed by atoms with Crippen molar-refractivity contribution in [3.63, 3.8) is 0 Å². The molecule has 0 aliphatic rings. The van der Waals surface area contributed by atoms with Crippen molar-refractivity contribution in [3.05, 3.63) is 41.1 Å². The number of carbonyl (C=O) groups excluding carboxylic acids is 1. The lowest BCUT2D eigenvalue weighted by molar-refractivity contribution is 0.0994. The molecular weight excluding hydrogens is 230 g/mol. The van der Waals surface area contributed by atoms with Crippen molar-refractivity contribution >= 4 is 17.3 Å². The standard InChI is InChI=1S/C13H15N3O2/c1-7-4-5-11(10(14)6-7)16-13(17)12-8(2)15-9(3)18-12/h4-6H,14H2,1-3H3,(H,16,17). The zero-order valence-corrected chi connectivity index (χ0v) is 10.6. The third-order valence-electron chi connectivity index (χ3n) is 2.57. The Balaban J connectivity index is 2.24. The van der Waals surface area contributed by atoms with E-state index in [0.29, 0.717) is 23.0 Å². The van der Waals surface area contributed by atoms with Gasteiger partial charge in [-0.3, -0.25) is 4.79 Å². The van der Waals surface area contributed by atoms with Crippen LogP contribution >= 0.6 is 0 Å². The third-order valence-corrected chi connectivity index (χ3v) is 2.57. The lowest BCUT2D eigenvalue weighted by Gasteiger charge is -2.07. The van der Waals surface area contributed by atoms with E-state index in [1.165, 1.54) is 0 Å². The van der Waals surface area contributed by atoms with Crippen LogP contribution in [0.2, 0.25) is 0 Å². The maximum atomic E-state index is 12.0. The van der Waals surface area contributed by atoms with Crippen LogP contribution in [0.15, 0.2) is 22.6 Å². The molecule has 1 heterocycles. The molecule has 0 fully saturated rings. The monoisotopic (exact) mass is 245 g/mol. The third kappa shape index (κ3) is 2.34. The number of nitrogen functional groups attached to an aromatic ring is 1. The van der Waals surface area contributed by atoms with Crippen LogP contribution in [0.4, 0.5) is 11.4 Å². The number of aryl methyl sites for hydroxylation is 3. The minimum atomic E-state index is -0.344. The first-order valence-corrected chi connectivity index (χ1v) is 5.59. The molecule has 0 atom stereocenters. The van der Waals surface area contributed by atoms with Crippen LogP contribution in [-0.2, 0) is 0 Å². The summed E-state index contributed by atoms with van der Waals surface area (Å²) in [5.74, 6) is 0.339. The second kappa shape index (κ2) is 4.52. The minimum absolute atomic E-state index is 0.215. The van der Waals surface area contributed by atoms with Gasteiger partial charge in [-0.15, -0.1) is 0 Å². The summed E-state index contributed by atoms with van der Waals surface area (Å²) >= 11 is 0. The summed E-state index contributed by atoms with van der Waals surface area (Å²) in [6.45, 7) is 5.36. The Kier molecular flexibility index (Phi) is 3.06. The molecule has 5 nitrogen and oxygen atoms in total. The number of rotatable bonds is 2. The molecule has 0 unspecified atom stereocenters. The van der Waals surface area contributed by atoms with E-state index in [4.69, 9.17) is 10.2 Å². The zero-order chi connectivity index (χ0) is 13.3. The summed E-state index contributed by atoms with van der Waals surface area (Å²) in [6.07, 6.45) is 0. The molecule has 0 spiro atoms. The molecule has 18 heavy (non-hydrogen) atoms. The van der Waals surface area contributed by atoms with Gasteiger partial charge in [0.25, 0.3) is 5.91 Å². The molecule has 2 aromatic rings. The van der Waals surface area contributed by atoms with Gasteiger partial charge in [0.05, 0.1) is 17.1 Å². The SMILES string of the molecule is Cc1ccc(NC(=O)c2oc(C)nc2C)c(N)c1. The summed E-state index contributed by atoms with van der Waals surface area (Å²) < 4.78 is 5.25. The Morgan fingerprint density at radius 3 is 2.61 bits per heavy atom. The number of anilines is 2. The molecule has 0 bridgehead atoms. The number of carbonyl (C=O) groups is 1. The molecule has 3 N–H and O–H groups in total. The first-order valence-electron chi connectivity index (χ1n) is 5.59. The fourth-order valence-corrected chi connectivity index (χ4v) is 1.72. The van der Waals surface area contributed by atoms with Crippen molar-refractivity contribution in [1.29, 1.82) is 0 Å². The van der Waals surface area contributed by atoms with Crippen molar-refractivity contribution in [2.75, 3.05) is 11.1 Å². The highest BCUT2D eigenvalue weighted by Gasteiger charge is 2.16. The van der Waals surface area contributed by atoms with E-state index in [9.17, 15) is 4.79 Å². The first-order chi connectivity index (χ1) is 8.47. The first kappa shape index (κ1) is 12.2. The van der Waals surface area contributed by atoms with Gasteiger partial charge in [-0.1, -0.05) is 6.07 Å². The minimum Gasteiger partial charge on any atom is -0.436 e. The summed E-state index contributed by atoms with van der Waals surface area (Å²) in [4.78, 5) is 16.0. The number of benzene rings is 1. The smallest absolute Gasteiger partial charge is 0.293 e. The van der Waals surface area contributed by atoms with Crippen molar-refractivity contribution in [2.45, 2.75) is 20.8 Å². The number of nitrogens with zero attached hydrogens (tertiary/aromatic N) is 1. The lowest BCUT2D eigenvalue weighted by atomic mass is 10.2. The number of nitrogens with two attached hydrogens (primary N) is 1. The van der Waals surface area contributed by atoms with E-state index < -0.39 is 0 Å². The number of nitrogens with one attached hydrogen (secondary N) is 1. The average molecular weight is 245 g/mol. The quantitative estimate of drug-likeness (QED) is 0.796. The highest BCUT2D eigenvalue weighted by atomic mass is 16.4. The number of hydrogen-bond donors (Lipinski definition) is 2. The molecule has 94 valence electrons. The fourth-order valence-electron chi connectivity index (χ4n) is 1.72. The fraction of sp³-hybridized carbons (Fsp3) is 0.231. The maximum Gasteiger partial charge on any atom is 0.293 e.